The Balaban J connectivity index is 2.51. The van der Waals surface area contributed by atoms with Crippen molar-refractivity contribution in [2.24, 2.45) is 5.92 Å². The molecular weight excluding hydrogens is 264 g/mol. The maximum atomic E-state index is 11.5. The Morgan fingerprint density at radius 1 is 1.20 bits per heavy atom. The summed E-state index contributed by atoms with van der Waals surface area (Å²) in [5.41, 5.74) is 0. The van der Waals surface area contributed by atoms with Crippen LogP contribution in [0.15, 0.2) is 0 Å². The van der Waals surface area contributed by atoms with Crippen LogP contribution in [0.2, 0.25) is 0 Å². The van der Waals surface area contributed by atoms with Crippen LogP contribution >= 0.6 is 34.8 Å². The Kier molecular flexibility index (Phi) is 4.09. The summed E-state index contributed by atoms with van der Waals surface area (Å²) in [6.07, 6.45) is 0.809. The summed E-state index contributed by atoms with van der Waals surface area (Å²) in [4.78, 5) is 23.5. The minimum atomic E-state index is -1.95. The van der Waals surface area contributed by atoms with Gasteiger partial charge in [-0.15, -0.1) is 0 Å². The van der Waals surface area contributed by atoms with Gasteiger partial charge in [-0.1, -0.05) is 34.8 Å². The summed E-state index contributed by atoms with van der Waals surface area (Å²) in [5.74, 6) is -1.82. The number of piperidine rings is 1. The molecular formula is C8H10Cl3NO3. The van der Waals surface area contributed by atoms with E-state index in [9.17, 15) is 9.59 Å². The number of rotatable bonds is 1. The quantitative estimate of drug-likeness (QED) is 0.740. The van der Waals surface area contributed by atoms with E-state index >= 15 is 0 Å². The predicted molar refractivity (Wildman–Crippen MR) is 57.2 cm³/mol. The lowest BCUT2D eigenvalue weighted by molar-refractivity contribution is -0.145. The number of carbonyl (C=O) groups excluding carboxylic acids is 1. The minimum Gasteiger partial charge on any atom is -0.481 e. The van der Waals surface area contributed by atoms with Crippen LogP contribution in [0.1, 0.15) is 12.8 Å². The first-order valence-corrected chi connectivity index (χ1v) is 5.54. The Morgan fingerprint density at radius 2 is 1.67 bits per heavy atom. The van der Waals surface area contributed by atoms with Crippen molar-refractivity contribution in [2.45, 2.75) is 16.6 Å². The van der Waals surface area contributed by atoms with Crippen molar-refractivity contribution >= 4 is 46.7 Å². The van der Waals surface area contributed by atoms with E-state index in [1.807, 2.05) is 0 Å². The van der Waals surface area contributed by atoms with Crippen LogP contribution in [-0.4, -0.2) is 38.8 Å². The van der Waals surface area contributed by atoms with Crippen LogP contribution in [0.4, 0.5) is 0 Å². The molecule has 0 saturated carbocycles. The van der Waals surface area contributed by atoms with E-state index in [0.717, 1.165) is 0 Å². The van der Waals surface area contributed by atoms with Gasteiger partial charge in [-0.25, -0.2) is 0 Å². The molecule has 1 fully saturated rings. The molecule has 0 aromatic rings. The van der Waals surface area contributed by atoms with Gasteiger partial charge in [-0.05, 0) is 12.8 Å². The van der Waals surface area contributed by atoms with Crippen LogP contribution in [0, 0.1) is 5.92 Å². The smallest absolute Gasteiger partial charge is 0.306 e. The predicted octanol–water partition coefficient (Wildman–Crippen LogP) is 1.68. The number of halogens is 3. The van der Waals surface area contributed by atoms with E-state index in [-0.39, 0.29) is 0 Å². The molecule has 1 N–H and O–H groups in total. The molecule has 1 aliphatic heterocycles. The normalized spacial score (nSPS) is 19.0. The number of carboxylic acids is 1. The summed E-state index contributed by atoms with van der Waals surface area (Å²) in [7, 11) is 0. The molecule has 0 unspecified atom stereocenters. The largest absolute Gasteiger partial charge is 0.481 e. The molecule has 4 nitrogen and oxygen atoms in total. The van der Waals surface area contributed by atoms with Gasteiger partial charge in [-0.2, -0.15) is 0 Å². The molecule has 15 heavy (non-hydrogen) atoms. The van der Waals surface area contributed by atoms with Crippen molar-refractivity contribution in [3.05, 3.63) is 0 Å². The van der Waals surface area contributed by atoms with Crippen LogP contribution in [0.3, 0.4) is 0 Å². The fourth-order valence-corrected chi connectivity index (χ4v) is 1.87. The van der Waals surface area contributed by atoms with Gasteiger partial charge in [0.2, 0.25) is 0 Å². The first kappa shape index (κ1) is 12.9. The molecule has 0 aliphatic carbocycles. The zero-order chi connectivity index (χ0) is 11.6. The first-order valence-electron chi connectivity index (χ1n) is 4.41. The maximum absolute atomic E-state index is 11.5. The molecule has 1 saturated heterocycles. The van der Waals surface area contributed by atoms with Gasteiger partial charge in [0.25, 0.3) is 9.70 Å². The molecule has 1 heterocycles. The molecule has 1 amide bonds. The van der Waals surface area contributed by atoms with Gasteiger partial charge >= 0.3 is 5.97 Å². The molecule has 7 heteroatoms. The van der Waals surface area contributed by atoms with Crippen LogP contribution in [-0.2, 0) is 9.59 Å². The fourth-order valence-electron chi connectivity index (χ4n) is 1.51. The van der Waals surface area contributed by atoms with Gasteiger partial charge in [0.15, 0.2) is 0 Å². The molecule has 86 valence electrons. The SMILES string of the molecule is O=C(O)C1CCN(C(=O)C(Cl)(Cl)Cl)CC1. The summed E-state index contributed by atoms with van der Waals surface area (Å²) in [6.45, 7) is 0.646. The second kappa shape index (κ2) is 4.76. The van der Waals surface area contributed by atoms with E-state index in [2.05, 4.69) is 0 Å². The lowest BCUT2D eigenvalue weighted by Gasteiger charge is -2.31. The maximum Gasteiger partial charge on any atom is 0.306 e. The molecule has 0 atom stereocenters. The fraction of sp³-hybridized carbons (Fsp3) is 0.750. The number of alkyl halides is 3. The van der Waals surface area contributed by atoms with E-state index in [1.54, 1.807) is 0 Å². The molecule has 0 radical (unpaired) electrons. The summed E-state index contributed by atoms with van der Waals surface area (Å²) >= 11 is 16.3. The Labute approximate surface area is 102 Å². The first-order chi connectivity index (χ1) is 6.82. The number of aliphatic carboxylic acids is 1. The summed E-state index contributed by atoms with van der Waals surface area (Å²) < 4.78 is -1.95. The minimum absolute atomic E-state index is 0.323. The lowest BCUT2D eigenvalue weighted by Crippen LogP contribution is -2.45. The Hall–Kier alpha value is -0.190. The van der Waals surface area contributed by atoms with E-state index in [4.69, 9.17) is 39.9 Å². The number of amides is 1. The third kappa shape index (κ3) is 3.40. The highest BCUT2D eigenvalue weighted by Crippen LogP contribution is 2.30. The number of carboxylic acid groups (broad SMARTS) is 1. The molecule has 0 spiro atoms. The topological polar surface area (TPSA) is 57.6 Å². The second-order valence-corrected chi connectivity index (χ2v) is 5.68. The zero-order valence-corrected chi connectivity index (χ0v) is 10.0. The summed E-state index contributed by atoms with van der Waals surface area (Å²) in [6, 6.07) is 0. The van der Waals surface area contributed by atoms with E-state index in [0.29, 0.717) is 25.9 Å². The van der Waals surface area contributed by atoms with Crippen LogP contribution in [0.5, 0.6) is 0 Å². The van der Waals surface area contributed by atoms with Gasteiger partial charge in [0, 0.05) is 13.1 Å². The number of hydrogen-bond acceptors (Lipinski definition) is 2. The Bertz CT molecular complexity index is 269. The monoisotopic (exact) mass is 273 g/mol. The standard InChI is InChI=1S/C8H10Cl3NO3/c9-8(10,11)7(15)12-3-1-5(2-4-12)6(13)14/h5H,1-4H2,(H,13,14). The van der Waals surface area contributed by atoms with Crippen LogP contribution < -0.4 is 0 Å². The molecule has 1 aliphatic rings. The second-order valence-electron chi connectivity index (χ2n) is 3.40. The van der Waals surface area contributed by atoms with Gasteiger partial charge in [0.05, 0.1) is 5.92 Å². The van der Waals surface area contributed by atoms with Gasteiger partial charge in [-0.3, -0.25) is 9.59 Å². The molecule has 1 rings (SSSR count). The van der Waals surface area contributed by atoms with Crippen molar-refractivity contribution < 1.29 is 14.7 Å². The third-order valence-electron chi connectivity index (χ3n) is 2.37. The van der Waals surface area contributed by atoms with Gasteiger partial charge < -0.3 is 10.0 Å². The number of likely N-dealkylation sites (tertiary alicyclic amines) is 1. The Morgan fingerprint density at radius 3 is 2.00 bits per heavy atom. The zero-order valence-electron chi connectivity index (χ0n) is 7.75. The van der Waals surface area contributed by atoms with Gasteiger partial charge in [0.1, 0.15) is 0 Å². The lowest BCUT2D eigenvalue weighted by atomic mass is 9.97. The van der Waals surface area contributed by atoms with Crippen molar-refractivity contribution in [1.82, 2.24) is 4.90 Å². The number of nitrogens with zero attached hydrogens (tertiary/aromatic N) is 1. The van der Waals surface area contributed by atoms with Crippen molar-refractivity contribution in [3.8, 4) is 0 Å². The van der Waals surface area contributed by atoms with E-state index in [1.165, 1.54) is 4.90 Å². The average molecular weight is 275 g/mol. The van der Waals surface area contributed by atoms with Crippen molar-refractivity contribution in [1.29, 1.82) is 0 Å². The highest BCUT2D eigenvalue weighted by Gasteiger charge is 2.37. The van der Waals surface area contributed by atoms with Crippen molar-refractivity contribution in [2.75, 3.05) is 13.1 Å². The number of carbonyl (C=O) groups is 2. The van der Waals surface area contributed by atoms with Crippen LogP contribution in [0.25, 0.3) is 0 Å². The molecule has 0 bridgehead atoms. The highest BCUT2D eigenvalue weighted by atomic mass is 35.6. The van der Waals surface area contributed by atoms with Crippen molar-refractivity contribution in [3.63, 3.8) is 0 Å². The third-order valence-corrected chi connectivity index (χ3v) is 2.86. The number of hydrogen-bond donors (Lipinski definition) is 1. The van der Waals surface area contributed by atoms with E-state index < -0.39 is 21.6 Å². The highest BCUT2D eigenvalue weighted by molar-refractivity contribution is 6.76. The average Bonchev–Trinajstić information content (AvgIpc) is 2.15. The summed E-state index contributed by atoms with van der Waals surface area (Å²) in [5, 5.41) is 8.74. The molecule has 0 aromatic heterocycles. The molecule has 0 aromatic carbocycles.